The molecular weight excluding hydrogens is 372 g/mol. The largest absolute Gasteiger partial charge is 0.341 e. The lowest BCUT2D eigenvalue weighted by Gasteiger charge is -2.21. The summed E-state index contributed by atoms with van der Waals surface area (Å²) in [5.41, 5.74) is 1.98. The first-order valence-electron chi connectivity index (χ1n) is 8.70. The van der Waals surface area contributed by atoms with Crippen molar-refractivity contribution in [3.63, 3.8) is 0 Å². The molecular formula is C17H24N4O3S2. The molecule has 1 saturated heterocycles. The molecule has 1 aliphatic rings. The third-order valence-electron chi connectivity index (χ3n) is 4.54. The Labute approximate surface area is 158 Å². The molecule has 142 valence electrons. The van der Waals surface area contributed by atoms with E-state index in [0.29, 0.717) is 49.8 Å². The van der Waals surface area contributed by atoms with Crippen molar-refractivity contribution in [3.05, 3.63) is 35.0 Å². The molecule has 2 aromatic rings. The van der Waals surface area contributed by atoms with Crippen LogP contribution in [0.2, 0.25) is 0 Å². The molecule has 0 spiro atoms. The van der Waals surface area contributed by atoms with Gasteiger partial charge in [0.1, 0.15) is 4.21 Å². The molecule has 26 heavy (non-hydrogen) atoms. The summed E-state index contributed by atoms with van der Waals surface area (Å²) < 4.78 is 29.0. The topological polar surface area (TPSA) is 75.5 Å². The lowest BCUT2D eigenvalue weighted by atomic mass is 10.3. The number of sulfonamides is 1. The van der Waals surface area contributed by atoms with Crippen molar-refractivity contribution in [3.8, 4) is 0 Å². The second-order valence-electron chi connectivity index (χ2n) is 6.47. The highest BCUT2D eigenvalue weighted by atomic mass is 32.2. The molecule has 1 fully saturated rings. The highest BCUT2D eigenvalue weighted by Gasteiger charge is 2.28. The maximum Gasteiger partial charge on any atom is 0.252 e. The van der Waals surface area contributed by atoms with Gasteiger partial charge in [-0.15, -0.1) is 11.3 Å². The van der Waals surface area contributed by atoms with E-state index in [1.807, 2.05) is 24.6 Å². The molecule has 1 aliphatic heterocycles. The Morgan fingerprint density at radius 3 is 2.69 bits per heavy atom. The Kier molecular flexibility index (Phi) is 5.79. The van der Waals surface area contributed by atoms with E-state index in [2.05, 4.69) is 5.10 Å². The standard InChI is InChI=1S/C17H24N4O3S2/c1-14-13-15(2)21(18-14)9-6-16(22)19-7-4-8-20(11-10-19)26(23,24)17-5-3-12-25-17/h3,5,12-13H,4,6-11H2,1-2H3. The fourth-order valence-electron chi connectivity index (χ4n) is 3.18. The van der Waals surface area contributed by atoms with Gasteiger partial charge in [0.05, 0.1) is 5.69 Å². The van der Waals surface area contributed by atoms with Crippen LogP contribution in [-0.4, -0.2) is 59.5 Å². The zero-order chi connectivity index (χ0) is 18.7. The van der Waals surface area contributed by atoms with Gasteiger partial charge >= 0.3 is 0 Å². The van der Waals surface area contributed by atoms with Crippen LogP contribution in [0.15, 0.2) is 27.8 Å². The third-order valence-corrected chi connectivity index (χ3v) is 7.81. The van der Waals surface area contributed by atoms with Gasteiger partial charge in [-0.25, -0.2) is 8.42 Å². The summed E-state index contributed by atoms with van der Waals surface area (Å²) in [5.74, 6) is 0.0490. The zero-order valence-corrected chi connectivity index (χ0v) is 16.7. The Hall–Kier alpha value is -1.71. The van der Waals surface area contributed by atoms with Gasteiger partial charge < -0.3 is 4.90 Å². The molecule has 0 N–H and O–H groups in total. The number of hydrogen-bond donors (Lipinski definition) is 0. The molecule has 7 nitrogen and oxygen atoms in total. The maximum absolute atomic E-state index is 12.6. The average molecular weight is 397 g/mol. The number of aromatic nitrogens is 2. The number of amides is 1. The van der Waals surface area contributed by atoms with Crippen molar-refractivity contribution < 1.29 is 13.2 Å². The van der Waals surface area contributed by atoms with Crippen molar-refractivity contribution in [2.45, 2.75) is 37.4 Å². The number of thiophene rings is 1. The van der Waals surface area contributed by atoms with Gasteiger partial charge in [0.15, 0.2) is 0 Å². The van der Waals surface area contributed by atoms with Crippen LogP contribution in [0.1, 0.15) is 24.2 Å². The molecule has 1 amide bonds. The minimum Gasteiger partial charge on any atom is -0.341 e. The molecule has 0 unspecified atom stereocenters. The molecule has 3 rings (SSSR count). The first-order chi connectivity index (χ1) is 12.4. The van der Waals surface area contributed by atoms with Crippen molar-refractivity contribution in [1.29, 1.82) is 0 Å². The highest BCUT2D eigenvalue weighted by molar-refractivity contribution is 7.91. The van der Waals surface area contributed by atoms with Crippen LogP contribution in [0.4, 0.5) is 0 Å². The Bertz CT molecular complexity index is 859. The average Bonchev–Trinajstić information content (AvgIpc) is 3.16. The molecule has 0 radical (unpaired) electrons. The van der Waals surface area contributed by atoms with Crippen LogP contribution >= 0.6 is 11.3 Å². The summed E-state index contributed by atoms with van der Waals surface area (Å²) in [6.45, 7) is 6.26. The second-order valence-corrected chi connectivity index (χ2v) is 9.58. The van der Waals surface area contributed by atoms with Gasteiger partial charge in [0, 0.05) is 44.8 Å². The Morgan fingerprint density at radius 1 is 1.23 bits per heavy atom. The van der Waals surface area contributed by atoms with E-state index >= 15 is 0 Å². The van der Waals surface area contributed by atoms with Gasteiger partial charge in [0.2, 0.25) is 5.91 Å². The summed E-state index contributed by atoms with van der Waals surface area (Å²) in [7, 11) is -3.45. The molecule has 0 bridgehead atoms. The van der Waals surface area contributed by atoms with Crippen molar-refractivity contribution in [1.82, 2.24) is 19.0 Å². The second kappa shape index (κ2) is 7.89. The van der Waals surface area contributed by atoms with E-state index in [-0.39, 0.29) is 5.91 Å². The minimum atomic E-state index is -3.45. The van der Waals surface area contributed by atoms with E-state index in [9.17, 15) is 13.2 Å². The smallest absolute Gasteiger partial charge is 0.252 e. The Morgan fingerprint density at radius 2 is 2.04 bits per heavy atom. The predicted octanol–water partition coefficient (Wildman–Crippen LogP) is 1.87. The lowest BCUT2D eigenvalue weighted by molar-refractivity contribution is -0.131. The van der Waals surface area contributed by atoms with Crippen LogP contribution in [0, 0.1) is 13.8 Å². The normalized spacial score (nSPS) is 16.6. The van der Waals surface area contributed by atoms with E-state index < -0.39 is 10.0 Å². The van der Waals surface area contributed by atoms with E-state index in [1.165, 1.54) is 15.6 Å². The molecule has 3 heterocycles. The first-order valence-corrected chi connectivity index (χ1v) is 11.0. The first kappa shape index (κ1) is 19.1. The van der Waals surface area contributed by atoms with Crippen molar-refractivity contribution in [2.75, 3.05) is 26.2 Å². The van der Waals surface area contributed by atoms with Gasteiger partial charge in [-0.2, -0.15) is 9.40 Å². The number of nitrogens with zero attached hydrogens (tertiary/aromatic N) is 4. The SMILES string of the molecule is Cc1cc(C)n(CCC(=O)N2CCCN(S(=O)(=O)c3cccs3)CC2)n1. The van der Waals surface area contributed by atoms with Crippen molar-refractivity contribution >= 4 is 27.3 Å². The van der Waals surface area contributed by atoms with Gasteiger partial charge in [-0.05, 0) is 37.8 Å². The number of hydrogen-bond acceptors (Lipinski definition) is 5. The van der Waals surface area contributed by atoms with Gasteiger partial charge in [0.25, 0.3) is 10.0 Å². The predicted molar refractivity (Wildman–Crippen MR) is 101 cm³/mol. The summed E-state index contributed by atoms with van der Waals surface area (Å²) in [4.78, 5) is 14.3. The fourth-order valence-corrected chi connectivity index (χ4v) is 5.80. The van der Waals surface area contributed by atoms with E-state index in [1.54, 1.807) is 22.4 Å². The number of carbonyl (C=O) groups excluding carboxylic acids is 1. The van der Waals surface area contributed by atoms with Crippen LogP contribution in [-0.2, 0) is 21.4 Å². The number of rotatable bonds is 5. The van der Waals surface area contributed by atoms with Crippen molar-refractivity contribution in [2.24, 2.45) is 0 Å². The fraction of sp³-hybridized carbons (Fsp3) is 0.529. The molecule has 2 aromatic heterocycles. The number of carbonyl (C=O) groups is 1. The summed E-state index contributed by atoms with van der Waals surface area (Å²) in [5, 5.41) is 6.14. The molecule has 0 atom stereocenters. The van der Waals surface area contributed by atoms with Gasteiger partial charge in [-0.3, -0.25) is 9.48 Å². The zero-order valence-electron chi connectivity index (χ0n) is 15.1. The number of aryl methyl sites for hydroxylation is 3. The minimum absolute atomic E-state index is 0.0490. The summed E-state index contributed by atoms with van der Waals surface area (Å²) in [6, 6.07) is 5.36. The molecule has 0 aliphatic carbocycles. The van der Waals surface area contributed by atoms with E-state index in [4.69, 9.17) is 0 Å². The Balaban J connectivity index is 1.58. The van der Waals surface area contributed by atoms with Crippen LogP contribution in [0.25, 0.3) is 0 Å². The quantitative estimate of drug-likeness (QED) is 0.773. The molecule has 0 saturated carbocycles. The highest BCUT2D eigenvalue weighted by Crippen LogP contribution is 2.22. The molecule has 0 aromatic carbocycles. The maximum atomic E-state index is 12.6. The molecule has 9 heteroatoms. The van der Waals surface area contributed by atoms with E-state index in [0.717, 1.165) is 11.4 Å². The summed E-state index contributed by atoms with van der Waals surface area (Å²) in [6.07, 6.45) is 1.02. The summed E-state index contributed by atoms with van der Waals surface area (Å²) >= 11 is 1.23. The van der Waals surface area contributed by atoms with Gasteiger partial charge in [-0.1, -0.05) is 6.07 Å². The monoisotopic (exact) mass is 396 g/mol. The lowest BCUT2D eigenvalue weighted by Crippen LogP contribution is -2.37. The van der Waals surface area contributed by atoms with Crippen LogP contribution < -0.4 is 0 Å². The van der Waals surface area contributed by atoms with Crippen LogP contribution in [0.5, 0.6) is 0 Å². The third kappa shape index (κ3) is 4.16. The van der Waals surface area contributed by atoms with Crippen LogP contribution in [0.3, 0.4) is 0 Å².